The van der Waals surface area contributed by atoms with E-state index in [1.807, 2.05) is 36.4 Å². The minimum Gasteiger partial charge on any atom is -0.306 e. The van der Waals surface area contributed by atoms with E-state index in [9.17, 15) is 4.21 Å². The molecule has 0 fully saturated rings. The maximum Gasteiger partial charge on any atom is 0.0856 e. The lowest BCUT2D eigenvalue weighted by atomic mass is 9.99. The molecule has 2 N–H and O–H groups in total. The molecule has 0 saturated carbocycles. The third-order valence-corrected chi connectivity index (χ3v) is 9.72. The Kier molecular flexibility index (Phi) is 8.57. The zero-order valence-electron chi connectivity index (χ0n) is 24.1. The molecule has 0 radical (unpaired) electrons. The zero-order valence-corrected chi connectivity index (χ0v) is 24.9. The number of rotatable bonds is 10. The number of nitrogens with one attached hydrogen (secondary N) is 2. The van der Waals surface area contributed by atoms with Crippen LogP contribution in [0.3, 0.4) is 0 Å². The summed E-state index contributed by atoms with van der Waals surface area (Å²) in [6.07, 6.45) is 0. The molecule has 0 unspecified atom stereocenters. The molecule has 0 aromatic heterocycles. The standard InChI is InChI=1S/C38H36N2OS/c1-27(33-21-11-17-29-13-3-7-19-35(29)33)39-25-31-15-5-9-23-37(31)42(41)38-24-10-6-16-32(38)26-40-28(2)34-22-12-18-30-14-4-8-20-36(30)34/h3-24,27-28,39-40H,25-26H2,1-2H3/t27-,28-/m1/s1. The summed E-state index contributed by atoms with van der Waals surface area (Å²) in [6, 6.07) is 46.4. The summed E-state index contributed by atoms with van der Waals surface area (Å²) in [5.74, 6) is 0. The molecule has 3 nitrogen and oxygen atoms in total. The second-order valence-corrected chi connectivity index (χ2v) is 12.2. The van der Waals surface area contributed by atoms with Gasteiger partial charge >= 0.3 is 0 Å². The smallest absolute Gasteiger partial charge is 0.0856 e. The van der Waals surface area contributed by atoms with Crippen molar-refractivity contribution in [2.75, 3.05) is 0 Å². The summed E-state index contributed by atoms with van der Waals surface area (Å²) in [5, 5.41) is 12.4. The molecule has 2 atom stereocenters. The van der Waals surface area contributed by atoms with Gasteiger partial charge in [-0.15, -0.1) is 0 Å². The van der Waals surface area contributed by atoms with Crippen LogP contribution in [0.2, 0.25) is 0 Å². The Labute approximate surface area is 251 Å². The SMILES string of the molecule is C[C@@H](NCc1ccccc1S(=O)c1ccccc1CN[C@H](C)c1cccc2ccccc12)c1cccc2ccccc12. The highest BCUT2D eigenvalue weighted by Crippen LogP contribution is 2.28. The molecular weight excluding hydrogens is 532 g/mol. The Bertz CT molecular complexity index is 1720. The number of benzene rings is 6. The van der Waals surface area contributed by atoms with E-state index in [1.54, 1.807) is 0 Å². The van der Waals surface area contributed by atoms with Crippen LogP contribution in [-0.2, 0) is 23.9 Å². The third kappa shape index (κ3) is 5.93. The van der Waals surface area contributed by atoms with Gasteiger partial charge in [0.25, 0.3) is 0 Å². The summed E-state index contributed by atoms with van der Waals surface area (Å²) in [7, 11) is -1.31. The third-order valence-electron chi connectivity index (χ3n) is 8.12. The van der Waals surface area contributed by atoms with E-state index in [-0.39, 0.29) is 12.1 Å². The van der Waals surface area contributed by atoms with Crippen molar-refractivity contribution in [2.24, 2.45) is 0 Å². The molecule has 42 heavy (non-hydrogen) atoms. The van der Waals surface area contributed by atoms with E-state index in [0.29, 0.717) is 13.1 Å². The van der Waals surface area contributed by atoms with Gasteiger partial charge in [0.15, 0.2) is 0 Å². The molecule has 210 valence electrons. The van der Waals surface area contributed by atoms with Crippen molar-refractivity contribution in [3.05, 3.63) is 156 Å². The predicted octanol–water partition coefficient (Wildman–Crippen LogP) is 8.86. The molecule has 0 bridgehead atoms. The number of fused-ring (bicyclic) bond motifs is 2. The highest BCUT2D eigenvalue weighted by atomic mass is 32.2. The molecule has 6 rings (SSSR count). The second kappa shape index (κ2) is 12.8. The molecular formula is C38H36N2OS. The van der Waals surface area contributed by atoms with Gasteiger partial charge in [0.1, 0.15) is 0 Å². The van der Waals surface area contributed by atoms with Gasteiger partial charge in [-0.2, -0.15) is 0 Å². The molecule has 4 heteroatoms. The second-order valence-electron chi connectivity index (χ2n) is 10.8. The van der Waals surface area contributed by atoms with Crippen LogP contribution >= 0.6 is 0 Å². The topological polar surface area (TPSA) is 41.1 Å². The molecule has 6 aromatic rings. The monoisotopic (exact) mass is 568 g/mol. The summed E-state index contributed by atoms with van der Waals surface area (Å²) < 4.78 is 14.1. The van der Waals surface area contributed by atoms with Crippen LogP contribution in [0.1, 0.15) is 48.2 Å². The Morgan fingerprint density at radius 2 is 0.881 bits per heavy atom. The summed E-state index contributed by atoms with van der Waals surface area (Å²) in [6.45, 7) is 5.65. The largest absolute Gasteiger partial charge is 0.306 e. The lowest BCUT2D eigenvalue weighted by Gasteiger charge is -2.19. The average molecular weight is 569 g/mol. The Morgan fingerprint density at radius 3 is 1.36 bits per heavy atom. The van der Waals surface area contributed by atoms with Gasteiger partial charge in [-0.25, -0.2) is 4.21 Å². The lowest BCUT2D eigenvalue weighted by molar-refractivity contribution is 0.571. The van der Waals surface area contributed by atoms with Gasteiger partial charge in [-0.05, 0) is 69.8 Å². The minimum absolute atomic E-state index is 0.143. The van der Waals surface area contributed by atoms with Crippen LogP contribution in [0.15, 0.2) is 143 Å². The molecule has 0 saturated heterocycles. The van der Waals surface area contributed by atoms with Crippen molar-refractivity contribution < 1.29 is 4.21 Å². The Hall–Kier alpha value is -4.09. The van der Waals surface area contributed by atoms with Crippen LogP contribution in [0.5, 0.6) is 0 Å². The van der Waals surface area contributed by atoms with Crippen LogP contribution in [0.4, 0.5) is 0 Å². The molecule has 0 heterocycles. The maximum absolute atomic E-state index is 14.1. The van der Waals surface area contributed by atoms with E-state index in [1.165, 1.54) is 32.7 Å². The van der Waals surface area contributed by atoms with Crippen molar-refractivity contribution in [1.29, 1.82) is 0 Å². The number of hydrogen-bond donors (Lipinski definition) is 2. The van der Waals surface area contributed by atoms with E-state index >= 15 is 0 Å². The Balaban J connectivity index is 1.19. The normalized spacial score (nSPS) is 13.0. The van der Waals surface area contributed by atoms with Crippen LogP contribution < -0.4 is 10.6 Å². The minimum atomic E-state index is -1.31. The van der Waals surface area contributed by atoms with Crippen molar-refractivity contribution in [1.82, 2.24) is 10.6 Å². The maximum atomic E-state index is 14.1. The first-order valence-corrected chi connectivity index (χ1v) is 15.7. The van der Waals surface area contributed by atoms with Gasteiger partial charge < -0.3 is 10.6 Å². The molecule has 0 spiro atoms. The fourth-order valence-corrected chi connectivity index (χ4v) is 7.18. The van der Waals surface area contributed by atoms with Crippen molar-refractivity contribution >= 4 is 32.3 Å². The predicted molar refractivity (Wildman–Crippen MR) is 176 cm³/mol. The molecule has 6 aromatic carbocycles. The first-order valence-electron chi connectivity index (χ1n) is 14.6. The van der Waals surface area contributed by atoms with E-state index in [2.05, 4.69) is 122 Å². The lowest BCUT2D eigenvalue weighted by Crippen LogP contribution is -2.20. The first kappa shape index (κ1) is 28.0. The summed E-state index contributed by atoms with van der Waals surface area (Å²) >= 11 is 0. The van der Waals surface area contributed by atoms with E-state index in [0.717, 1.165) is 20.9 Å². The first-order chi connectivity index (χ1) is 20.6. The molecule has 0 aliphatic rings. The van der Waals surface area contributed by atoms with E-state index in [4.69, 9.17) is 0 Å². The van der Waals surface area contributed by atoms with Crippen LogP contribution in [0.25, 0.3) is 21.5 Å². The molecule has 0 aliphatic carbocycles. The highest BCUT2D eigenvalue weighted by molar-refractivity contribution is 7.85. The van der Waals surface area contributed by atoms with Gasteiger partial charge in [-0.1, -0.05) is 121 Å². The molecule has 0 amide bonds. The summed E-state index contributed by atoms with van der Waals surface area (Å²) in [5.41, 5.74) is 4.64. The fraction of sp³-hybridized carbons (Fsp3) is 0.158. The van der Waals surface area contributed by atoms with Gasteiger partial charge in [0.05, 0.1) is 10.8 Å². The van der Waals surface area contributed by atoms with Gasteiger partial charge in [0.2, 0.25) is 0 Å². The fourth-order valence-electron chi connectivity index (χ4n) is 5.78. The van der Waals surface area contributed by atoms with Crippen molar-refractivity contribution in [3.8, 4) is 0 Å². The van der Waals surface area contributed by atoms with Gasteiger partial charge in [0, 0.05) is 35.0 Å². The Morgan fingerprint density at radius 1 is 0.500 bits per heavy atom. The summed E-state index contributed by atoms with van der Waals surface area (Å²) in [4.78, 5) is 1.70. The zero-order chi connectivity index (χ0) is 28.9. The van der Waals surface area contributed by atoms with Crippen molar-refractivity contribution in [2.45, 2.75) is 48.8 Å². The quantitative estimate of drug-likeness (QED) is 0.173. The van der Waals surface area contributed by atoms with E-state index < -0.39 is 10.8 Å². The van der Waals surface area contributed by atoms with Crippen molar-refractivity contribution in [3.63, 3.8) is 0 Å². The molecule has 0 aliphatic heterocycles. The average Bonchev–Trinajstić information content (AvgIpc) is 3.05. The van der Waals surface area contributed by atoms with Gasteiger partial charge in [-0.3, -0.25) is 0 Å². The highest BCUT2D eigenvalue weighted by Gasteiger charge is 2.17. The van der Waals surface area contributed by atoms with Crippen LogP contribution in [-0.4, -0.2) is 4.21 Å². The number of hydrogen-bond acceptors (Lipinski definition) is 3. The van der Waals surface area contributed by atoms with Crippen LogP contribution in [0, 0.1) is 0 Å².